The smallest absolute Gasteiger partial charge is 0.407 e. The van der Waals surface area contributed by atoms with Crippen molar-refractivity contribution in [1.29, 1.82) is 0 Å². The van der Waals surface area contributed by atoms with Gasteiger partial charge in [-0.3, -0.25) is 0 Å². The highest BCUT2D eigenvalue weighted by Gasteiger charge is 2.15. The molecule has 1 aromatic heterocycles. The lowest BCUT2D eigenvalue weighted by Crippen LogP contribution is -2.33. The molecule has 0 radical (unpaired) electrons. The van der Waals surface area contributed by atoms with Gasteiger partial charge in [0.2, 0.25) is 0 Å². The van der Waals surface area contributed by atoms with Crippen LogP contribution in [-0.2, 0) is 9.47 Å². The lowest BCUT2D eigenvalue weighted by atomic mass is 10.2. The molecule has 6 nitrogen and oxygen atoms in total. The normalized spacial score (nSPS) is 10.9. The Kier molecular flexibility index (Phi) is 5.75. The van der Waals surface area contributed by atoms with Crippen LogP contribution in [0.15, 0.2) is 10.9 Å². The van der Waals surface area contributed by atoms with E-state index >= 15 is 0 Å². The van der Waals surface area contributed by atoms with Crippen molar-refractivity contribution in [2.24, 2.45) is 0 Å². The first-order chi connectivity index (χ1) is 8.88. The van der Waals surface area contributed by atoms with Crippen molar-refractivity contribution in [3.05, 3.63) is 16.6 Å². The van der Waals surface area contributed by atoms with E-state index in [-0.39, 0.29) is 6.61 Å². The number of amides is 1. The van der Waals surface area contributed by atoms with Gasteiger partial charge in [0.25, 0.3) is 0 Å². The number of thiazole rings is 1. The lowest BCUT2D eigenvalue weighted by molar-refractivity contribution is 0.0479. The second-order valence-corrected chi connectivity index (χ2v) is 5.51. The predicted molar refractivity (Wildman–Crippen MR) is 71.3 cm³/mol. The van der Waals surface area contributed by atoms with Crippen LogP contribution in [0.25, 0.3) is 0 Å². The Balaban J connectivity index is 2.09. The van der Waals surface area contributed by atoms with Crippen LogP contribution in [0.2, 0.25) is 0 Å². The number of esters is 1. The Morgan fingerprint density at radius 3 is 2.74 bits per heavy atom. The molecule has 0 aliphatic heterocycles. The number of ether oxygens (including phenoxy) is 2. The van der Waals surface area contributed by atoms with E-state index in [1.807, 2.05) is 0 Å². The molecule has 0 spiro atoms. The third-order valence-corrected chi connectivity index (χ3v) is 2.45. The van der Waals surface area contributed by atoms with Gasteiger partial charge in [-0.2, -0.15) is 0 Å². The van der Waals surface area contributed by atoms with E-state index in [0.29, 0.717) is 18.7 Å². The van der Waals surface area contributed by atoms with Gasteiger partial charge in [-0.1, -0.05) is 0 Å². The molecule has 0 aliphatic rings. The van der Waals surface area contributed by atoms with Crippen molar-refractivity contribution in [3.63, 3.8) is 0 Å². The molecule has 1 aromatic rings. The van der Waals surface area contributed by atoms with Crippen LogP contribution < -0.4 is 5.32 Å². The van der Waals surface area contributed by atoms with E-state index in [0.717, 1.165) is 0 Å². The Morgan fingerprint density at radius 2 is 2.16 bits per heavy atom. The quantitative estimate of drug-likeness (QED) is 0.663. The molecule has 1 heterocycles. The summed E-state index contributed by atoms with van der Waals surface area (Å²) >= 11 is 1.34. The molecule has 106 valence electrons. The summed E-state index contributed by atoms with van der Waals surface area (Å²) < 4.78 is 10.0. The minimum atomic E-state index is -0.513. The number of carbonyl (C=O) groups is 2. The third-order valence-electron chi connectivity index (χ3n) is 1.86. The monoisotopic (exact) mass is 286 g/mol. The zero-order valence-electron chi connectivity index (χ0n) is 11.3. The number of alkyl carbamates (subject to hydrolysis) is 1. The van der Waals surface area contributed by atoms with Gasteiger partial charge in [0.05, 0.1) is 12.1 Å². The number of nitrogens with zero attached hydrogens (tertiary/aromatic N) is 1. The first kappa shape index (κ1) is 15.4. The molecular weight excluding hydrogens is 268 g/mol. The van der Waals surface area contributed by atoms with Gasteiger partial charge >= 0.3 is 12.1 Å². The summed E-state index contributed by atoms with van der Waals surface area (Å²) in [7, 11) is 0. The highest BCUT2D eigenvalue weighted by Crippen LogP contribution is 2.06. The van der Waals surface area contributed by atoms with Gasteiger partial charge in [-0.05, 0) is 27.2 Å². The van der Waals surface area contributed by atoms with Crippen LogP contribution in [-0.4, -0.2) is 35.8 Å². The second kappa shape index (κ2) is 7.08. The van der Waals surface area contributed by atoms with E-state index in [9.17, 15) is 9.59 Å². The van der Waals surface area contributed by atoms with Crippen LogP contribution >= 0.6 is 11.3 Å². The summed E-state index contributed by atoms with van der Waals surface area (Å²) in [6.07, 6.45) is 0.0492. The Bertz CT molecular complexity index is 412. The summed E-state index contributed by atoms with van der Waals surface area (Å²) in [5.74, 6) is -0.446. The van der Waals surface area contributed by atoms with Gasteiger partial charge in [-0.25, -0.2) is 14.6 Å². The fourth-order valence-electron chi connectivity index (χ4n) is 1.13. The standard InChI is InChI=1S/C12H18N2O4S/c1-12(2,3)18-11(16)13-5-4-6-17-10(15)9-7-19-8-14-9/h7-8H,4-6H2,1-3H3,(H,13,16). The molecule has 0 fully saturated rings. The second-order valence-electron chi connectivity index (χ2n) is 4.79. The minimum absolute atomic E-state index is 0.228. The molecule has 1 amide bonds. The van der Waals surface area contributed by atoms with Gasteiger partial charge < -0.3 is 14.8 Å². The number of nitrogens with one attached hydrogen (secondary N) is 1. The Morgan fingerprint density at radius 1 is 1.42 bits per heavy atom. The average Bonchev–Trinajstić information content (AvgIpc) is 2.79. The van der Waals surface area contributed by atoms with Crippen LogP contribution in [0, 0.1) is 0 Å². The van der Waals surface area contributed by atoms with Crippen molar-refractivity contribution < 1.29 is 19.1 Å². The number of hydrogen-bond donors (Lipinski definition) is 1. The number of aromatic nitrogens is 1. The van der Waals surface area contributed by atoms with Crippen molar-refractivity contribution in [2.75, 3.05) is 13.2 Å². The SMILES string of the molecule is CC(C)(C)OC(=O)NCCCOC(=O)c1cscn1. The molecule has 0 atom stereocenters. The molecular formula is C12H18N2O4S. The van der Waals surface area contributed by atoms with Crippen LogP contribution in [0.3, 0.4) is 0 Å². The Hall–Kier alpha value is -1.63. The molecule has 0 aromatic carbocycles. The minimum Gasteiger partial charge on any atom is -0.461 e. The molecule has 7 heteroatoms. The summed E-state index contributed by atoms with van der Waals surface area (Å²) in [5, 5.41) is 4.21. The topological polar surface area (TPSA) is 77.5 Å². The predicted octanol–water partition coefficient (Wildman–Crippen LogP) is 2.21. The van der Waals surface area contributed by atoms with Crippen molar-refractivity contribution in [2.45, 2.75) is 32.8 Å². The fourth-order valence-corrected chi connectivity index (χ4v) is 1.65. The summed E-state index contributed by atoms with van der Waals surface area (Å²) in [4.78, 5) is 26.5. The molecule has 1 rings (SSSR count). The maximum Gasteiger partial charge on any atom is 0.407 e. The lowest BCUT2D eigenvalue weighted by Gasteiger charge is -2.19. The summed E-state index contributed by atoms with van der Waals surface area (Å²) in [6.45, 7) is 6.00. The molecule has 19 heavy (non-hydrogen) atoms. The molecule has 0 bridgehead atoms. The molecule has 1 N–H and O–H groups in total. The average molecular weight is 286 g/mol. The highest BCUT2D eigenvalue weighted by atomic mass is 32.1. The van der Waals surface area contributed by atoms with Gasteiger partial charge in [0, 0.05) is 11.9 Å². The molecule has 0 saturated heterocycles. The van der Waals surface area contributed by atoms with Crippen molar-refractivity contribution in [3.8, 4) is 0 Å². The van der Waals surface area contributed by atoms with Crippen LogP contribution in [0.1, 0.15) is 37.7 Å². The first-order valence-electron chi connectivity index (χ1n) is 5.90. The maximum absolute atomic E-state index is 11.4. The summed E-state index contributed by atoms with van der Waals surface area (Å²) in [6, 6.07) is 0. The summed E-state index contributed by atoms with van der Waals surface area (Å²) in [5.41, 5.74) is 1.37. The van der Waals surface area contributed by atoms with Gasteiger partial charge in [-0.15, -0.1) is 11.3 Å². The highest BCUT2D eigenvalue weighted by molar-refractivity contribution is 7.07. The van der Waals surface area contributed by atoms with E-state index in [2.05, 4.69) is 10.3 Å². The maximum atomic E-state index is 11.4. The van der Waals surface area contributed by atoms with E-state index in [1.54, 1.807) is 31.7 Å². The van der Waals surface area contributed by atoms with Crippen LogP contribution in [0.5, 0.6) is 0 Å². The van der Waals surface area contributed by atoms with Crippen LogP contribution in [0.4, 0.5) is 4.79 Å². The third kappa shape index (κ3) is 6.76. The van der Waals surface area contributed by atoms with E-state index < -0.39 is 17.7 Å². The molecule has 0 aliphatic carbocycles. The molecule has 0 saturated carbocycles. The van der Waals surface area contributed by atoms with E-state index in [1.165, 1.54) is 11.3 Å². The van der Waals surface area contributed by atoms with Crippen molar-refractivity contribution >= 4 is 23.4 Å². The fraction of sp³-hybridized carbons (Fsp3) is 0.583. The van der Waals surface area contributed by atoms with Gasteiger partial charge in [0.1, 0.15) is 5.60 Å². The largest absolute Gasteiger partial charge is 0.461 e. The number of rotatable bonds is 5. The first-order valence-corrected chi connectivity index (χ1v) is 6.85. The molecule has 0 unspecified atom stereocenters. The zero-order valence-corrected chi connectivity index (χ0v) is 12.1. The number of hydrogen-bond acceptors (Lipinski definition) is 6. The van der Waals surface area contributed by atoms with Gasteiger partial charge in [0.15, 0.2) is 5.69 Å². The van der Waals surface area contributed by atoms with Crippen molar-refractivity contribution in [1.82, 2.24) is 10.3 Å². The number of carbonyl (C=O) groups excluding carboxylic acids is 2. The van der Waals surface area contributed by atoms with E-state index in [4.69, 9.17) is 9.47 Å². The zero-order chi connectivity index (χ0) is 14.3. The Labute approximate surface area is 116 Å².